The predicted octanol–water partition coefficient (Wildman–Crippen LogP) is 3.65. The molecule has 18 heavy (non-hydrogen) atoms. The number of halogens is 1. The van der Waals surface area contributed by atoms with Crippen LogP contribution in [0.1, 0.15) is 11.1 Å². The van der Waals surface area contributed by atoms with Crippen LogP contribution in [0.15, 0.2) is 42.5 Å². The zero-order valence-electron chi connectivity index (χ0n) is 10.5. The van der Waals surface area contributed by atoms with Crippen LogP contribution in [0, 0.1) is 12.7 Å². The molecule has 0 spiro atoms. The van der Waals surface area contributed by atoms with Gasteiger partial charge in [-0.25, -0.2) is 4.39 Å². The van der Waals surface area contributed by atoms with Gasteiger partial charge in [0.1, 0.15) is 17.3 Å². The number of aryl methyl sites for hydroxylation is 1. The molecule has 0 bridgehead atoms. The Kier molecular flexibility index (Phi) is 3.95. The Balaban J connectivity index is 2.17. The van der Waals surface area contributed by atoms with Crippen LogP contribution in [0.25, 0.3) is 0 Å². The van der Waals surface area contributed by atoms with Crippen molar-refractivity contribution in [3.8, 4) is 11.5 Å². The summed E-state index contributed by atoms with van der Waals surface area (Å²) < 4.78 is 19.0. The van der Waals surface area contributed by atoms with E-state index >= 15 is 0 Å². The maximum Gasteiger partial charge on any atom is 0.130 e. The van der Waals surface area contributed by atoms with Gasteiger partial charge in [0.2, 0.25) is 0 Å². The quantitative estimate of drug-likeness (QED) is 0.887. The number of rotatable bonds is 4. The van der Waals surface area contributed by atoms with Crippen molar-refractivity contribution < 1.29 is 9.13 Å². The summed E-state index contributed by atoms with van der Waals surface area (Å²) in [7, 11) is 1.89. The molecule has 0 unspecified atom stereocenters. The first-order valence-electron chi connectivity index (χ1n) is 5.86. The van der Waals surface area contributed by atoms with E-state index in [0.29, 0.717) is 17.1 Å². The van der Waals surface area contributed by atoms with Gasteiger partial charge in [0.15, 0.2) is 0 Å². The maximum absolute atomic E-state index is 13.4. The van der Waals surface area contributed by atoms with Crippen LogP contribution in [-0.2, 0) is 6.54 Å². The summed E-state index contributed by atoms with van der Waals surface area (Å²) in [6.45, 7) is 2.51. The third kappa shape index (κ3) is 3.08. The van der Waals surface area contributed by atoms with Gasteiger partial charge in [-0.15, -0.1) is 0 Å². The predicted molar refractivity (Wildman–Crippen MR) is 70.4 cm³/mol. The normalized spacial score (nSPS) is 10.4. The van der Waals surface area contributed by atoms with E-state index in [0.717, 1.165) is 12.1 Å². The van der Waals surface area contributed by atoms with Gasteiger partial charge in [0.05, 0.1) is 0 Å². The van der Waals surface area contributed by atoms with Crippen LogP contribution in [0.3, 0.4) is 0 Å². The average molecular weight is 245 g/mol. The molecule has 0 fully saturated rings. The van der Waals surface area contributed by atoms with Gasteiger partial charge in [0.25, 0.3) is 0 Å². The number of hydrogen-bond donors (Lipinski definition) is 1. The zero-order valence-corrected chi connectivity index (χ0v) is 10.5. The third-order valence-electron chi connectivity index (χ3n) is 2.66. The summed E-state index contributed by atoms with van der Waals surface area (Å²) in [5, 5.41) is 3.08. The van der Waals surface area contributed by atoms with E-state index in [2.05, 4.69) is 5.32 Å². The molecule has 0 atom stereocenters. The Morgan fingerprint density at radius 1 is 1.11 bits per heavy atom. The minimum atomic E-state index is -0.251. The van der Waals surface area contributed by atoms with E-state index in [-0.39, 0.29) is 5.82 Å². The molecule has 3 heteroatoms. The molecular weight excluding hydrogens is 229 g/mol. The van der Waals surface area contributed by atoms with Crippen molar-refractivity contribution in [2.45, 2.75) is 13.5 Å². The lowest BCUT2D eigenvalue weighted by atomic mass is 10.2. The van der Waals surface area contributed by atoms with Crippen molar-refractivity contribution in [3.63, 3.8) is 0 Å². The maximum atomic E-state index is 13.4. The van der Waals surface area contributed by atoms with E-state index in [1.165, 1.54) is 6.07 Å². The fraction of sp³-hybridized carbons (Fsp3) is 0.200. The van der Waals surface area contributed by atoms with Gasteiger partial charge in [-0.05, 0) is 43.3 Å². The summed E-state index contributed by atoms with van der Waals surface area (Å²) in [5.74, 6) is 0.976. The molecule has 0 aliphatic carbocycles. The van der Waals surface area contributed by atoms with Crippen LogP contribution in [-0.4, -0.2) is 7.05 Å². The van der Waals surface area contributed by atoms with E-state index in [9.17, 15) is 4.39 Å². The molecule has 0 heterocycles. The topological polar surface area (TPSA) is 21.3 Å². The largest absolute Gasteiger partial charge is 0.457 e. The fourth-order valence-corrected chi connectivity index (χ4v) is 1.70. The number of ether oxygens (including phenoxy) is 1. The van der Waals surface area contributed by atoms with Crippen LogP contribution in [0.4, 0.5) is 4.39 Å². The lowest BCUT2D eigenvalue weighted by Crippen LogP contribution is -2.04. The minimum absolute atomic E-state index is 0.251. The van der Waals surface area contributed by atoms with E-state index < -0.39 is 0 Å². The molecule has 0 saturated heterocycles. The summed E-state index contributed by atoms with van der Waals surface area (Å²) >= 11 is 0. The van der Waals surface area contributed by atoms with E-state index in [4.69, 9.17) is 4.74 Å². The Morgan fingerprint density at radius 3 is 2.61 bits per heavy atom. The Morgan fingerprint density at radius 2 is 1.89 bits per heavy atom. The monoisotopic (exact) mass is 245 g/mol. The van der Waals surface area contributed by atoms with Gasteiger partial charge in [-0.2, -0.15) is 0 Å². The summed E-state index contributed by atoms with van der Waals surface area (Å²) in [5.41, 5.74) is 1.74. The molecule has 0 aliphatic heterocycles. The smallest absolute Gasteiger partial charge is 0.130 e. The SMILES string of the molecule is CNCc1cccc(Oc2ccc(C)c(F)c2)c1. The Hall–Kier alpha value is -1.87. The van der Waals surface area contributed by atoms with Gasteiger partial charge in [-0.3, -0.25) is 0 Å². The lowest BCUT2D eigenvalue weighted by Gasteiger charge is -2.08. The van der Waals surface area contributed by atoms with Gasteiger partial charge >= 0.3 is 0 Å². The lowest BCUT2D eigenvalue weighted by molar-refractivity contribution is 0.475. The Labute approximate surface area is 106 Å². The highest BCUT2D eigenvalue weighted by Crippen LogP contribution is 2.24. The zero-order chi connectivity index (χ0) is 13.0. The Bertz CT molecular complexity index is 540. The first-order chi connectivity index (χ1) is 8.69. The molecular formula is C15H16FNO. The number of hydrogen-bond acceptors (Lipinski definition) is 2. The molecule has 2 aromatic carbocycles. The van der Waals surface area contributed by atoms with Crippen molar-refractivity contribution in [2.75, 3.05) is 7.05 Å². The highest BCUT2D eigenvalue weighted by Gasteiger charge is 2.02. The summed E-state index contributed by atoms with van der Waals surface area (Å²) in [6.07, 6.45) is 0. The van der Waals surface area contributed by atoms with Crippen molar-refractivity contribution in [1.29, 1.82) is 0 Å². The van der Waals surface area contributed by atoms with Crippen molar-refractivity contribution in [1.82, 2.24) is 5.32 Å². The second-order valence-electron chi connectivity index (χ2n) is 4.19. The number of nitrogens with one attached hydrogen (secondary N) is 1. The molecule has 1 N–H and O–H groups in total. The standard InChI is InChI=1S/C15H16FNO/c1-11-6-7-14(9-15(11)16)18-13-5-3-4-12(8-13)10-17-2/h3-9,17H,10H2,1-2H3. The first kappa shape index (κ1) is 12.6. The fourth-order valence-electron chi connectivity index (χ4n) is 1.70. The van der Waals surface area contributed by atoms with Crippen LogP contribution < -0.4 is 10.1 Å². The molecule has 0 saturated carbocycles. The molecule has 0 aliphatic rings. The molecule has 0 radical (unpaired) electrons. The summed E-state index contributed by atoms with van der Waals surface area (Å²) in [6, 6.07) is 12.6. The first-order valence-corrected chi connectivity index (χ1v) is 5.86. The summed E-state index contributed by atoms with van der Waals surface area (Å²) in [4.78, 5) is 0. The van der Waals surface area contributed by atoms with Gasteiger partial charge < -0.3 is 10.1 Å². The second kappa shape index (κ2) is 5.65. The second-order valence-corrected chi connectivity index (χ2v) is 4.19. The van der Waals surface area contributed by atoms with Crippen LogP contribution >= 0.6 is 0 Å². The number of benzene rings is 2. The highest BCUT2D eigenvalue weighted by molar-refractivity contribution is 5.35. The molecule has 2 nitrogen and oxygen atoms in total. The van der Waals surface area contributed by atoms with Crippen molar-refractivity contribution >= 4 is 0 Å². The van der Waals surface area contributed by atoms with E-state index in [1.54, 1.807) is 19.1 Å². The van der Waals surface area contributed by atoms with Crippen LogP contribution in [0.5, 0.6) is 11.5 Å². The van der Waals surface area contributed by atoms with Crippen molar-refractivity contribution in [3.05, 3.63) is 59.4 Å². The van der Waals surface area contributed by atoms with E-state index in [1.807, 2.05) is 31.3 Å². The van der Waals surface area contributed by atoms with Crippen LogP contribution in [0.2, 0.25) is 0 Å². The molecule has 2 aromatic rings. The van der Waals surface area contributed by atoms with Gasteiger partial charge in [-0.1, -0.05) is 18.2 Å². The molecule has 2 rings (SSSR count). The van der Waals surface area contributed by atoms with Gasteiger partial charge in [0, 0.05) is 12.6 Å². The van der Waals surface area contributed by atoms with Crippen molar-refractivity contribution in [2.24, 2.45) is 0 Å². The highest BCUT2D eigenvalue weighted by atomic mass is 19.1. The average Bonchev–Trinajstić information content (AvgIpc) is 2.35. The third-order valence-corrected chi connectivity index (χ3v) is 2.66. The minimum Gasteiger partial charge on any atom is -0.457 e. The molecule has 0 aromatic heterocycles. The molecule has 0 amide bonds. The molecule has 94 valence electrons.